The first-order chi connectivity index (χ1) is 9.62. The summed E-state index contributed by atoms with van der Waals surface area (Å²) in [4.78, 5) is 7.09. The summed E-state index contributed by atoms with van der Waals surface area (Å²) in [5.74, 6) is 1.17. The summed E-state index contributed by atoms with van der Waals surface area (Å²) < 4.78 is 2.17. The highest BCUT2D eigenvalue weighted by Crippen LogP contribution is 2.40. The molecular weight excluding hydrogens is 248 g/mol. The molecule has 0 radical (unpaired) electrons. The summed E-state index contributed by atoms with van der Waals surface area (Å²) in [7, 11) is 6.57. The summed E-state index contributed by atoms with van der Waals surface area (Å²) in [6.07, 6.45) is 11.9. The third-order valence-electron chi connectivity index (χ3n) is 4.92. The summed E-state index contributed by atoms with van der Waals surface area (Å²) >= 11 is 0. The molecule has 0 saturated heterocycles. The van der Waals surface area contributed by atoms with Gasteiger partial charge in [0.2, 0.25) is 0 Å². The van der Waals surface area contributed by atoms with Crippen molar-refractivity contribution in [2.45, 2.75) is 57.0 Å². The van der Waals surface area contributed by atoms with Crippen molar-refractivity contribution in [1.82, 2.24) is 19.8 Å². The van der Waals surface area contributed by atoms with Gasteiger partial charge in [0.25, 0.3) is 0 Å². The van der Waals surface area contributed by atoms with Gasteiger partial charge in [0.1, 0.15) is 5.82 Å². The summed E-state index contributed by atoms with van der Waals surface area (Å²) in [5.41, 5.74) is 0.186. The van der Waals surface area contributed by atoms with Crippen LogP contribution in [0, 0.1) is 0 Å². The Hall–Kier alpha value is -0.870. The first-order valence-corrected chi connectivity index (χ1v) is 8.00. The number of nitrogens with one attached hydrogen (secondary N) is 1. The fourth-order valence-corrected chi connectivity index (χ4v) is 3.72. The Bertz CT molecular complexity index is 402. The van der Waals surface area contributed by atoms with Crippen LogP contribution in [-0.2, 0) is 7.05 Å². The Morgan fingerprint density at radius 3 is 2.40 bits per heavy atom. The molecule has 1 aliphatic carbocycles. The normalized spacial score (nSPS) is 20.9. The molecule has 20 heavy (non-hydrogen) atoms. The van der Waals surface area contributed by atoms with Gasteiger partial charge >= 0.3 is 0 Å². The minimum atomic E-state index is 0.186. The van der Waals surface area contributed by atoms with Crippen LogP contribution in [0.4, 0.5) is 0 Å². The molecule has 1 aliphatic rings. The molecular formula is C16H30N4. The predicted octanol–water partition coefficient (Wildman–Crippen LogP) is 2.73. The highest BCUT2D eigenvalue weighted by Gasteiger charge is 2.43. The van der Waals surface area contributed by atoms with E-state index in [4.69, 9.17) is 0 Å². The number of likely N-dealkylation sites (N-methyl/N-ethyl adjacent to an activating group) is 2. The first-order valence-electron chi connectivity index (χ1n) is 8.00. The number of nitrogens with zero attached hydrogens (tertiary/aromatic N) is 3. The van der Waals surface area contributed by atoms with Gasteiger partial charge in [0.05, 0.1) is 6.04 Å². The van der Waals surface area contributed by atoms with Crippen LogP contribution in [0.3, 0.4) is 0 Å². The largest absolute Gasteiger partial charge is 0.337 e. The van der Waals surface area contributed by atoms with E-state index in [9.17, 15) is 0 Å². The van der Waals surface area contributed by atoms with Crippen LogP contribution in [0.25, 0.3) is 0 Å². The molecule has 0 aliphatic heterocycles. The van der Waals surface area contributed by atoms with Crippen LogP contribution in [0.1, 0.15) is 57.3 Å². The second-order valence-electron chi connectivity index (χ2n) is 6.30. The van der Waals surface area contributed by atoms with E-state index in [1.807, 2.05) is 6.20 Å². The van der Waals surface area contributed by atoms with Crippen LogP contribution < -0.4 is 5.32 Å². The van der Waals surface area contributed by atoms with Crippen molar-refractivity contribution in [2.75, 3.05) is 20.6 Å². The van der Waals surface area contributed by atoms with Crippen molar-refractivity contribution in [3.8, 4) is 0 Å². The molecule has 0 bridgehead atoms. The molecule has 1 fully saturated rings. The average Bonchev–Trinajstić information content (AvgIpc) is 2.69. The smallest absolute Gasteiger partial charge is 0.127 e. The van der Waals surface area contributed by atoms with E-state index in [1.165, 1.54) is 44.3 Å². The van der Waals surface area contributed by atoms with Crippen LogP contribution in [0.5, 0.6) is 0 Å². The molecule has 1 aromatic heterocycles. The Morgan fingerprint density at radius 2 is 1.95 bits per heavy atom. The molecule has 0 amide bonds. The molecule has 1 atom stereocenters. The zero-order valence-electron chi connectivity index (χ0n) is 13.5. The minimum absolute atomic E-state index is 0.186. The second-order valence-corrected chi connectivity index (χ2v) is 6.30. The molecule has 2 rings (SSSR count). The van der Waals surface area contributed by atoms with Gasteiger partial charge in [0.15, 0.2) is 0 Å². The van der Waals surface area contributed by atoms with Crippen LogP contribution in [0.15, 0.2) is 12.4 Å². The zero-order valence-corrected chi connectivity index (χ0v) is 13.5. The number of aryl methyl sites for hydroxylation is 1. The van der Waals surface area contributed by atoms with Gasteiger partial charge in [-0.1, -0.05) is 32.6 Å². The summed E-state index contributed by atoms with van der Waals surface area (Å²) in [6.45, 7) is 3.17. The summed E-state index contributed by atoms with van der Waals surface area (Å²) in [6, 6.07) is 0.306. The van der Waals surface area contributed by atoms with Gasteiger partial charge in [-0.05, 0) is 33.5 Å². The number of imidazole rings is 1. The van der Waals surface area contributed by atoms with E-state index in [0.29, 0.717) is 6.04 Å². The lowest BCUT2D eigenvalue weighted by Gasteiger charge is -2.45. The van der Waals surface area contributed by atoms with Crippen LogP contribution in [-0.4, -0.2) is 40.6 Å². The van der Waals surface area contributed by atoms with Gasteiger partial charge in [0, 0.05) is 25.0 Å². The SMILES string of the molecule is CCNC(c1nccn1C)C1(N(C)C)CCCCCC1. The Balaban J connectivity index is 2.39. The molecule has 4 heteroatoms. The fourth-order valence-electron chi connectivity index (χ4n) is 3.72. The van der Waals surface area contributed by atoms with E-state index >= 15 is 0 Å². The molecule has 1 heterocycles. The van der Waals surface area contributed by atoms with E-state index in [2.05, 4.69) is 54.0 Å². The molecule has 1 saturated carbocycles. The summed E-state index contributed by atoms with van der Waals surface area (Å²) in [5, 5.41) is 3.72. The average molecular weight is 278 g/mol. The maximum atomic E-state index is 4.64. The molecule has 0 spiro atoms. The highest BCUT2D eigenvalue weighted by atomic mass is 15.2. The number of hydrogen-bond donors (Lipinski definition) is 1. The highest BCUT2D eigenvalue weighted by molar-refractivity contribution is 5.11. The molecule has 1 N–H and O–H groups in total. The van der Waals surface area contributed by atoms with E-state index in [0.717, 1.165) is 6.54 Å². The monoisotopic (exact) mass is 278 g/mol. The van der Waals surface area contributed by atoms with Crippen molar-refractivity contribution in [1.29, 1.82) is 0 Å². The Morgan fingerprint density at radius 1 is 1.30 bits per heavy atom. The molecule has 0 aromatic carbocycles. The zero-order chi connectivity index (χ0) is 14.6. The van der Waals surface area contributed by atoms with Crippen molar-refractivity contribution in [2.24, 2.45) is 7.05 Å². The van der Waals surface area contributed by atoms with Crippen molar-refractivity contribution in [3.05, 3.63) is 18.2 Å². The van der Waals surface area contributed by atoms with Crippen molar-refractivity contribution in [3.63, 3.8) is 0 Å². The fraction of sp³-hybridized carbons (Fsp3) is 0.812. The molecule has 114 valence electrons. The van der Waals surface area contributed by atoms with Crippen molar-refractivity contribution >= 4 is 0 Å². The van der Waals surface area contributed by atoms with Crippen molar-refractivity contribution < 1.29 is 0 Å². The Kier molecular flexibility index (Phi) is 5.22. The third kappa shape index (κ3) is 2.91. The minimum Gasteiger partial charge on any atom is -0.337 e. The number of rotatable bonds is 5. The molecule has 4 nitrogen and oxygen atoms in total. The van der Waals surface area contributed by atoms with Gasteiger partial charge in [-0.3, -0.25) is 0 Å². The maximum Gasteiger partial charge on any atom is 0.127 e. The molecule has 1 unspecified atom stereocenters. The third-order valence-corrected chi connectivity index (χ3v) is 4.92. The van der Waals surface area contributed by atoms with E-state index < -0.39 is 0 Å². The second kappa shape index (κ2) is 6.72. The predicted molar refractivity (Wildman–Crippen MR) is 83.7 cm³/mol. The van der Waals surface area contributed by atoms with E-state index in [1.54, 1.807) is 0 Å². The Labute approximate surface area is 123 Å². The lowest BCUT2D eigenvalue weighted by Crippen LogP contribution is -2.54. The van der Waals surface area contributed by atoms with Gasteiger partial charge < -0.3 is 14.8 Å². The van der Waals surface area contributed by atoms with Crippen LogP contribution >= 0.6 is 0 Å². The standard InChI is InChI=1S/C16H30N4/c1-5-17-14(15-18-12-13-20(15)4)16(19(2)3)10-8-6-7-9-11-16/h12-14,17H,5-11H2,1-4H3. The van der Waals surface area contributed by atoms with Gasteiger partial charge in [-0.15, -0.1) is 0 Å². The van der Waals surface area contributed by atoms with Gasteiger partial charge in [-0.2, -0.15) is 0 Å². The first kappa shape index (κ1) is 15.5. The lowest BCUT2D eigenvalue weighted by atomic mass is 9.80. The maximum absolute atomic E-state index is 4.64. The molecule has 1 aromatic rings. The van der Waals surface area contributed by atoms with Gasteiger partial charge in [-0.25, -0.2) is 4.98 Å². The van der Waals surface area contributed by atoms with E-state index in [-0.39, 0.29) is 5.54 Å². The number of aromatic nitrogens is 2. The quantitative estimate of drug-likeness (QED) is 0.841. The lowest BCUT2D eigenvalue weighted by molar-refractivity contribution is 0.0757. The number of hydrogen-bond acceptors (Lipinski definition) is 3. The topological polar surface area (TPSA) is 33.1 Å². The van der Waals surface area contributed by atoms with Crippen LogP contribution in [0.2, 0.25) is 0 Å².